The average molecular weight is 177 g/mol. The van der Waals surface area contributed by atoms with Crippen LogP contribution in [0.4, 0.5) is 0 Å². The van der Waals surface area contributed by atoms with E-state index < -0.39 is 0 Å². The summed E-state index contributed by atoms with van der Waals surface area (Å²) in [6.45, 7) is 5.73. The highest BCUT2D eigenvalue weighted by Gasteiger charge is 2.11. The second-order valence-corrected chi connectivity index (χ2v) is 4.61. The van der Waals surface area contributed by atoms with Gasteiger partial charge in [0, 0.05) is 18.9 Å². The fourth-order valence-corrected chi connectivity index (χ4v) is 2.21. The zero-order valence-electron chi connectivity index (χ0n) is 8.71. The van der Waals surface area contributed by atoms with Crippen LogP contribution in [0.3, 0.4) is 0 Å². The maximum atomic E-state index is 2.38. The summed E-state index contributed by atoms with van der Waals surface area (Å²) < 4.78 is 2.38. The summed E-state index contributed by atoms with van der Waals surface area (Å²) in [6, 6.07) is 0. The van der Waals surface area contributed by atoms with Crippen molar-refractivity contribution in [2.24, 2.45) is 5.92 Å². The number of aromatic nitrogens is 1. The topological polar surface area (TPSA) is 4.93 Å². The summed E-state index contributed by atoms with van der Waals surface area (Å²) in [7, 11) is 0. The molecule has 0 aromatic carbocycles. The Morgan fingerprint density at radius 2 is 1.69 bits per heavy atom. The number of fused-ring (bicyclic) bond motifs is 1. The Hall–Kier alpha value is -0.720. The summed E-state index contributed by atoms with van der Waals surface area (Å²) in [5, 5.41) is 0. The second-order valence-electron chi connectivity index (χ2n) is 4.61. The van der Waals surface area contributed by atoms with E-state index in [-0.39, 0.29) is 0 Å². The van der Waals surface area contributed by atoms with Crippen LogP contribution in [0, 0.1) is 5.92 Å². The molecule has 1 aromatic heterocycles. The summed E-state index contributed by atoms with van der Waals surface area (Å²) in [5.41, 5.74) is 3.21. The van der Waals surface area contributed by atoms with Crippen molar-refractivity contribution in [3.05, 3.63) is 23.5 Å². The van der Waals surface area contributed by atoms with Crippen LogP contribution in [0.15, 0.2) is 12.4 Å². The molecular formula is C12H19N. The van der Waals surface area contributed by atoms with Gasteiger partial charge in [0.25, 0.3) is 0 Å². The summed E-state index contributed by atoms with van der Waals surface area (Å²) in [4.78, 5) is 0. The molecule has 1 nitrogen and oxygen atoms in total. The fourth-order valence-electron chi connectivity index (χ4n) is 2.21. The van der Waals surface area contributed by atoms with Gasteiger partial charge in [-0.2, -0.15) is 0 Å². The third-order valence-electron chi connectivity index (χ3n) is 2.77. The number of aryl methyl sites for hydroxylation is 2. The Bertz CT molecular complexity index is 260. The van der Waals surface area contributed by atoms with Crippen LogP contribution in [0.1, 0.15) is 37.8 Å². The van der Waals surface area contributed by atoms with Crippen LogP contribution in [-0.2, 0) is 19.4 Å². The van der Waals surface area contributed by atoms with Crippen molar-refractivity contribution in [2.45, 2.75) is 46.1 Å². The van der Waals surface area contributed by atoms with Gasteiger partial charge in [0.1, 0.15) is 0 Å². The molecule has 1 heteroatoms. The van der Waals surface area contributed by atoms with E-state index in [2.05, 4.69) is 30.8 Å². The lowest BCUT2D eigenvalue weighted by Crippen LogP contribution is -2.01. The Morgan fingerprint density at radius 3 is 2.15 bits per heavy atom. The van der Waals surface area contributed by atoms with Crippen LogP contribution in [-0.4, -0.2) is 4.57 Å². The number of nitrogens with zero attached hydrogens (tertiary/aromatic N) is 1. The van der Waals surface area contributed by atoms with Gasteiger partial charge in [0.15, 0.2) is 0 Å². The average Bonchev–Trinajstić information content (AvgIpc) is 2.44. The smallest absolute Gasteiger partial charge is 0.0242 e. The molecule has 0 saturated heterocycles. The lowest BCUT2D eigenvalue weighted by molar-refractivity contribution is 0.524. The molecule has 0 aliphatic heterocycles. The first-order valence-electron chi connectivity index (χ1n) is 5.43. The van der Waals surface area contributed by atoms with Gasteiger partial charge < -0.3 is 4.57 Å². The Balaban J connectivity index is 2.15. The van der Waals surface area contributed by atoms with Gasteiger partial charge in [-0.3, -0.25) is 0 Å². The minimum atomic E-state index is 0.758. The molecule has 0 N–H and O–H groups in total. The molecule has 1 aliphatic carbocycles. The quantitative estimate of drug-likeness (QED) is 0.654. The minimum Gasteiger partial charge on any atom is -0.353 e. The van der Waals surface area contributed by atoms with Gasteiger partial charge in [-0.05, 0) is 42.7 Å². The highest BCUT2D eigenvalue weighted by Crippen LogP contribution is 2.22. The number of hydrogen-bond donors (Lipinski definition) is 0. The van der Waals surface area contributed by atoms with Crippen molar-refractivity contribution in [3.63, 3.8) is 0 Å². The summed E-state index contributed by atoms with van der Waals surface area (Å²) >= 11 is 0. The summed E-state index contributed by atoms with van der Waals surface area (Å²) in [5.74, 6) is 0.758. The van der Waals surface area contributed by atoms with E-state index in [4.69, 9.17) is 0 Å². The molecule has 2 rings (SSSR count). The largest absolute Gasteiger partial charge is 0.353 e. The second kappa shape index (κ2) is 3.57. The van der Waals surface area contributed by atoms with Gasteiger partial charge >= 0.3 is 0 Å². The first-order valence-corrected chi connectivity index (χ1v) is 5.43. The van der Waals surface area contributed by atoms with E-state index >= 15 is 0 Å². The molecule has 0 fully saturated rings. The van der Waals surface area contributed by atoms with Crippen LogP contribution in [0.2, 0.25) is 0 Å². The standard InChI is InChI=1S/C12H19N/c1-10(2)7-13-8-11-5-3-4-6-12(11)9-13/h8-10H,3-7H2,1-2H3. The molecule has 0 bridgehead atoms. The lowest BCUT2D eigenvalue weighted by atomic mass is 9.96. The molecule has 0 amide bonds. The van der Waals surface area contributed by atoms with Crippen molar-refractivity contribution in [3.8, 4) is 0 Å². The highest BCUT2D eigenvalue weighted by atomic mass is 14.9. The lowest BCUT2D eigenvalue weighted by Gasteiger charge is -2.08. The van der Waals surface area contributed by atoms with Gasteiger partial charge in [-0.15, -0.1) is 0 Å². The molecule has 13 heavy (non-hydrogen) atoms. The van der Waals surface area contributed by atoms with E-state index in [1.54, 1.807) is 11.1 Å². The van der Waals surface area contributed by atoms with Gasteiger partial charge in [0.2, 0.25) is 0 Å². The monoisotopic (exact) mass is 177 g/mol. The van der Waals surface area contributed by atoms with E-state index in [1.807, 2.05) is 0 Å². The highest BCUT2D eigenvalue weighted by molar-refractivity contribution is 5.26. The van der Waals surface area contributed by atoms with Crippen LogP contribution >= 0.6 is 0 Å². The molecule has 1 heterocycles. The molecule has 0 radical (unpaired) electrons. The predicted octanol–water partition coefficient (Wildman–Crippen LogP) is 3.02. The zero-order valence-corrected chi connectivity index (χ0v) is 8.71. The third kappa shape index (κ3) is 1.96. The summed E-state index contributed by atoms with van der Waals surface area (Å²) in [6.07, 6.45) is 10.1. The molecule has 0 saturated carbocycles. The van der Waals surface area contributed by atoms with E-state index in [1.165, 1.54) is 32.2 Å². The van der Waals surface area contributed by atoms with Gasteiger partial charge in [0.05, 0.1) is 0 Å². The minimum absolute atomic E-state index is 0.758. The molecule has 0 spiro atoms. The molecular weight excluding hydrogens is 158 g/mol. The van der Waals surface area contributed by atoms with E-state index in [9.17, 15) is 0 Å². The predicted molar refractivity (Wildman–Crippen MR) is 55.9 cm³/mol. The Morgan fingerprint density at radius 1 is 1.15 bits per heavy atom. The fraction of sp³-hybridized carbons (Fsp3) is 0.667. The first-order chi connectivity index (χ1) is 6.25. The number of hydrogen-bond acceptors (Lipinski definition) is 0. The van der Waals surface area contributed by atoms with Crippen molar-refractivity contribution in [2.75, 3.05) is 0 Å². The van der Waals surface area contributed by atoms with Crippen molar-refractivity contribution >= 4 is 0 Å². The molecule has 72 valence electrons. The van der Waals surface area contributed by atoms with E-state index in [0.29, 0.717) is 0 Å². The maximum absolute atomic E-state index is 2.38. The molecule has 1 aromatic rings. The molecule has 0 unspecified atom stereocenters. The Labute approximate surface area is 80.8 Å². The van der Waals surface area contributed by atoms with Crippen molar-refractivity contribution in [1.29, 1.82) is 0 Å². The first kappa shape index (κ1) is 8.86. The zero-order chi connectivity index (χ0) is 9.26. The normalized spacial score (nSPS) is 16.2. The van der Waals surface area contributed by atoms with Gasteiger partial charge in [-0.1, -0.05) is 13.8 Å². The molecule has 0 atom stereocenters. The molecule has 1 aliphatic rings. The van der Waals surface area contributed by atoms with Gasteiger partial charge in [-0.25, -0.2) is 0 Å². The number of rotatable bonds is 2. The maximum Gasteiger partial charge on any atom is 0.0242 e. The van der Waals surface area contributed by atoms with Crippen LogP contribution in [0.25, 0.3) is 0 Å². The van der Waals surface area contributed by atoms with E-state index in [0.717, 1.165) is 5.92 Å². The van der Waals surface area contributed by atoms with Crippen molar-refractivity contribution < 1.29 is 0 Å². The SMILES string of the molecule is CC(C)Cn1cc2c(c1)CCCC2. The van der Waals surface area contributed by atoms with Crippen LogP contribution in [0.5, 0.6) is 0 Å². The van der Waals surface area contributed by atoms with Crippen molar-refractivity contribution in [1.82, 2.24) is 4.57 Å². The Kier molecular flexibility index (Phi) is 2.43. The third-order valence-corrected chi connectivity index (χ3v) is 2.77. The van der Waals surface area contributed by atoms with Crippen LogP contribution < -0.4 is 0 Å².